The molecular formula is C21H20BrIN4S. The molecular weight excluding hydrogens is 547 g/mol. The Bertz CT molecular complexity index is 1050. The molecule has 4 nitrogen and oxygen atoms in total. The predicted molar refractivity (Wildman–Crippen MR) is 130 cm³/mol. The summed E-state index contributed by atoms with van der Waals surface area (Å²) in [4.78, 5) is 10.4. The Morgan fingerprint density at radius 2 is 1.93 bits per heavy atom. The van der Waals surface area contributed by atoms with E-state index in [1.807, 2.05) is 18.3 Å². The van der Waals surface area contributed by atoms with Gasteiger partial charge in [-0.1, -0.05) is 22.0 Å². The summed E-state index contributed by atoms with van der Waals surface area (Å²) in [5.41, 5.74) is 6.85. The van der Waals surface area contributed by atoms with E-state index in [2.05, 4.69) is 104 Å². The number of hydrogen-bond donors (Lipinski definition) is 2. The fourth-order valence-electron chi connectivity index (χ4n) is 3.83. The van der Waals surface area contributed by atoms with Gasteiger partial charge >= 0.3 is 0 Å². The summed E-state index contributed by atoms with van der Waals surface area (Å²) >= 11 is 11.9. The number of hydrogen-bond acceptors (Lipinski definition) is 2. The molecule has 1 saturated heterocycles. The van der Waals surface area contributed by atoms with Gasteiger partial charge in [0.25, 0.3) is 0 Å². The van der Waals surface area contributed by atoms with Crippen LogP contribution in [0.3, 0.4) is 0 Å². The summed E-state index contributed by atoms with van der Waals surface area (Å²) in [6.07, 6.45) is 1.84. The summed E-state index contributed by atoms with van der Waals surface area (Å²) in [6, 6.07) is 12.4. The Morgan fingerprint density at radius 3 is 2.54 bits per heavy atom. The van der Waals surface area contributed by atoms with Crippen LogP contribution in [0, 0.1) is 24.3 Å². The molecule has 1 aromatic carbocycles. The van der Waals surface area contributed by atoms with Crippen molar-refractivity contribution in [3.63, 3.8) is 0 Å². The Balaban J connectivity index is 1.91. The molecule has 3 aromatic rings. The van der Waals surface area contributed by atoms with Crippen molar-refractivity contribution in [3.05, 3.63) is 78.8 Å². The second-order valence-corrected chi connectivity index (χ2v) is 9.35. The minimum atomic E-state index is -0.0277. The molecule has 0 radical (unpaired) electrons. The minimum Gasteiger partial charge on any atom is -0.362 e. The highest BCUT2D eigenvalue weighted by atomic mass is 127. The van der Waals surface area contributed by atoms with Crippen molar-refractivity contribution < 1.29 is 0 Å². The van der Waals surface area contributed by atoms with E-state index in [0.717, 1.165) is 26.7 Å². The van der Waals surface area contributed by atoms with Gasteiger partial charge in [-0.15, -0.1) is 0 Å². The monoisotopic (exact) mass is 566 g/mol. The zero-order valence-electron chi connectivity index (χ0n) is 15.8. The quantitative estimate of drug-likeness (QED) is 0.307. The lowest BCUT2D eigenvalue weighted by atomic mass is 9.96. The standard InChI is InChI=1S/C21H20BrIN4S/c1-11-10-14(7-8-15(11)22)27-20(17-12(2)25-13(3)18(17)23)19(26-21(27)28)16-6-4-5-9-24-16/h4-10,19-20,25H,1-3H3,(H,26,28)/t19-,20+/m1/s1. The molecule has 0 amide bonds. The van der Waals surface area contributed by atoms with E-state index in [4.69, 9.17) is 12.2 Å². The van der Waals surface area contributed by atoms with Gasteiger partial charge in [0.2, 0.25) is 0 Å². The van der Waals surface area contributed by atoms with Crippen molar-refractivity contribution in [1.29, 1.82) is 0 Å². The van der Waals surface area contributed by atoms with Crippen molar-refractivity contribution >= 4 is 61.5 Å². The SMILES string of the molecule is Cc1cc(N2C(=S)N[C@H](c3ccccn3)[C@@H]2c2c(C)[nH]c(C)c2I)ccc1Br. The van der Waals surface area contributed by atoms with Crippen LogP contribution in [0.4, 0.5) is 5.69 Å². The molecule has 7 heteroatoms. The number of aromatic nitrogens is 2. The van der Waals surface area contributed by atoms with E-state index in [0.29, 0.717) is 0 Å². The Morgan fingerprint density at radius 1 is 1.14 bits per heavy atom. The van der Waals surface area contributed by atoms with Gasteiger partial charge in [0, 0.05) is 36.9 Å². The third-order valence-electron chi connectivity index (χ3n) is 5.16. The molecule has 0 unspecified atom stereocenters. The lowest BCUT2D eigenvalue weighted by Gasteiger charge is -2.29. The van der Waals surface area contributed by atoms with Gasteiger partial charge in [0.15, 0.2) is 5.11 Å². The molecule has 4 rings (SSSR count). The molecule has 2 aromatic heterocycles. The van der Waals surface area contributed by atoms with Crippen LogP contribution in [0.25, 0.3) is 0 Å². The molecule has 2 atom stereocenters. The van der Waals surface area contributed by atoms with Crippen LogP contribution < -0.4 is 10.2 Å². The van der Waals surface area contributed by atoms with Gasteiger partial charge in [0.1, 0.15) is 0 Å². The number of pyridine rings is 1. The van der Waals surface area contributed by atoms with E-state index in [1.165, 1.54) is 20.4 Å². The number of halogens is 2. The lowest BCUT2D eigenvalue weighted by Crippen LogP contribution is -2.29. The van der Waals surface area contributed by atoms with Crippen LogP contribution in [0.1, 0.15) is 40.3 Å². The third-order valence-corrected chi connectivity index (χ3v) is 7.75. The molecule has 0 spiro atoms. The van der Waals surface area contributed by atoms with Crippen molar-refractivity contribution in [2.24, 2.45) is 0 Å². The van der Waals surface area contributed by atoms with Crippen LogP contribution in [0.5, 0.6) is 0 Å². The Labute approximate surface area is 192 Å². The second kappa shape index (κ2) is 7.76. The first-order chi connectivity index (χ1) is 13.4. The second-order valence-electron chi connectivity index (χ2n) is 7.03. The summed E-state index contributed by atoms with van der Waals surface area (Å²) in [7, 11) is 0. The van der Waals surface area contributed by atoms with Crippen molar-refractivity contribution in [3.8, 4) is 0 Å². The molecule has 0 bridgehead atoms. The summed E-state index contributed by atoms with van der Waals surface area (Å²) in [5.74, 6) is 0. The normalized spacial score (nSPS) is 19.2. The average molecular weight is 567 g/mol. The van der Waals surface area contributed by atoms with Gasteiger partial charge in [0.05, 0.1) is 17.8 Å². The van der Waals surface area contributed by atoms with Crippen LogP contribution >= 0.6 is 50.7 Å². The van der Waals surface area contributed by atoms with Crippen molar-refractivity contribution in [2.45, 2.75) is 32.9 Å². The molecule has 3 heterocycles. The first kappa shape index (κ1) is 19.8. The Hall–Kier alpha value is -1.45. The highest BCUT2D eigenvalue weighted by Gasteiger charge is 2.43. The summed E-state index contributed by atoms with van der Waals surface area (Å²) < 4.78 is 2.33. The maximum absolute atomic E-state index is 5.81. The topological polar surface area (TPSA) is 44.0 Å². The molecule has 1 fully saturated rings. The predicted octanol–water partition coefficient (Wildman–Crippen LogP) is 5.88. The van der Waals surface area contributed by atoms with E-state index >= 15 is 0 Å². The highest BCUT2D eigenvalue weighted by Crippen LogP contribution is 2.45. The van der Waals surface area contributed by atoms with Crippen LogP contribution in [0.15, 0.2) is 47.1 Å². The molecule has 0 saturated carbocycles. The summed E-state index contributed by atoms with van der Waals surface area (Å²) in [6.45, 7) is 6.34. The maximum Gasteiger partial charge on any atom is 0.174 e. The molecule has 28 heavy (non-hydrogen) atoms. The van der Waals surface area contributed by atoms with Gasteiger partial charge in [-0.3, -0.25) is 4.98 Å². The van der Waals surface area contributed by atoms with E-state index in [1.54, 1.807) is 0 Å². The first-order valence-electron chi connectivity index (χ1n) is 9.00. The Kier molecular flexibility index (Phi) is 5.50. The molecule has 1 aliphatic heterocycles. The smallest absolute Gasteiger partial charge is 0.174 e. The largest absolute Gasteiger partial charge is 0.362 e. The third kappa shape index (κ3) is 3.37. The van der Waals surface area contributed by atoms with Gasteiger partial charge in [-0.2, -0.15) is 0 Å². The minimum absolute atomic E-state index is 0.0137. The average Bonchev–Trinajstić information content (AvgIpc) is 3.13. The lowest BCUT2D eigenvalue weighted by molar-refractivity contribution is 0.564. The van der Waals surface area contributed by atoms with Gasteiger partial charge < -0.3 is 15.2 Å². The van der Waals surface area contributed by atoms with Crippen molar-refractivity contribution in [2.75, 3.05) is 4.90 Å². The fourth-order valence-corrected chi connectivity index (χ4v) is 5.28. The maximum atomic E-state index is 5.81. The molecule has 1 aliphatic rings. The molecule has 2 N–H and O–H groups in total. The number of nitrogens with zero attached hydrogens (tertiary/aromatic N) is 2. The van der Waals surface area contributed by atoms with E-state index in [9.17, 15) is 0 Å². The molecule has 144 valence electrons. The van der Waals surface area contributed by atoms with Crippen LogP contribution in [-0.2, 0) is 0 Å². The number of aromatic amines is 1. The zero-order valence-corrected chi connectivity index (χ0v) is 20.3. The summed E-state index contributed by atoms with van der Waals surface area (Å²) in [5, 5.41) is 4.25. The number of anilines is 1. The van der Waals surface area contributed by atoms with Crippen LogP contribution in [-0.4, -0.2) is 15.1 Å². The highest BCUT2D eigenvalue weighted by molar-refractivity contribution is 14.1. The van der Waals surface area contributed by atoms with Crippen LogP contribution in [0.2, 0.25) is 0 Å². The number of benzene rings is 1. The fraction of sp³-hybridized carbons (Fsp3) is 0.238. The number of aryl methyl sites for hydroxylation is 3. The van der Waals surface area contributed by atoms with E-state index < -0.39 is 0 Å². The number of nitrogens with one attached hydrogen (secondary N) is 2. The zero-order chi connectivity index (χ0) is 20.0. The molecule has 0 aliphatic carbocycles. The van der Waals surface area contributed by atoms with Gasteiger partial charge in [-0.25, -0.2) is 0 Å². The number of thiocarbonyl (C=S) groups is 1. The van der Waals surface area contributed by atoms with Crippen molar-refractivity contribution in [1.82, 2.24) is 15.3 Å². The number of H-pyrrole nitrogens is 1. The van der Waals surface area contributed by atoms with E-state index in [-0.39, 0.29) is 12.1 Å². The number of rotatable bonds is 3. The van der Waals surface area contributed by atoms with Gasteiger partial charge in [-0.05, 0) is 91.5 Å². The first-order valence-corrected chi connectivity index (χ1v) is 11.3.